The topological polar surface area (TPSA) is 39.2 Å². The van der Waals surface area contributed by atoms with E-state index in [1.165, 1.54) is 0 Å². The predicted octanol–water partition coefficient (Wildman–Crippen LogP) is 4.66. The fourth-order valence-corrected chi connectivity index (χ4v) is 3.06. The van der Waals surface area contributed by atoms with Crippen LogP contribution in [0.3, 0.4) is 0 Å². The van der Waals surface area contributed by atoms with E-state index < -0.39 is 5.41 Å². The zero-order valence-electron chi connectivity index (χ0n) is 11.9. The lowest BCUT2D eigenvalue weighted by Gasteiger charge is -2.39. The van der Waals surface area contributed by atoms with Gasteiger partial charge in [0.05, 0.1) is 5.41 Å². The molecule has 3 rings (SSSR count). The number of aromatic nitrogens is 1. The van der Waals surface area contributed by atoms with Gasteiger partial charge in [-0.3, -0.25) is 4.79 Å². The van der Waals surface area contributed by atoms with Crippen LogP contribution in [0.1, 0.15) is 30.4 Å². The number of hydrogen-bond donors (Lipinski definition) is 0. The van der Waals surface area contributed by atoms with Gasteiger partial charge in [-0.15, -0.1) is 0 Å². The summed E-state index contributed by atoms with van der Waals surface area (Å²) in [5.74, 6) is -0.156. The summed E-state index contributed by atoms with van der Waals surface area (Å²) < 4.78 is 6.53. The molecule has 0 unspecified atom stereocenters. The van der Waals surface area contributed by atoms with Crippen molar-refractivity contribution in [3.8, 4) is 0 Å². The van der Waals surface area contributed by atoms with Crippen LogP contribution in [-0.4, -0.2) is 11.0 Å². The molecule has 0 bridgehead atoms. The van der Waals surface area contributed by atoms with Gasteiger partial charge in [-0.1, -0.05) is 52.2 Å². The number of halogens is 2. The maximum atomic E-state index is 12.6. The van der Waals surface area contributed by atoms with E-state index in [-0.39, 0.29) is 12.6 Å². The second-order valence-electron chi connectivity index (χ2n) is 5.51. The predicted molar refractivity (Wildman–Crippen MR) is 88.7 cm³/mol. The standard InChI is InChI=1S/C17H15BrClNO2/c18-14-5-3-13(4-6-14)17(8-1-9-17)16(21)22-11-12-2-7-15(19)20-10-12/h2-7,10H,1,8-9,11H2. The van der Waals surface area contributed by atoms with E-state index in [2.05, 4.69) is 20.9 Å². The van der Waals surface area contributed by atoms with Crippen molar-refractivity contribution in [3.63, 3.8) is 0 Å². The van der Waals surface area contributed by atoms with E-state index in [0.29, 0.717) is 5.15 Å². The molecule has 0 N–H and O–H groups in total. The van der Waals surface area contributed by atoms with Crippen LogP contribution in [0.5, 0.6) is 0 Å². The molecular formula is C17H15BrClNO2. The Hall–Kier alpha value is -1.39. The van der Waals surface area contributed by atoms with Crippen LogP contribution < -0.4 is 0 Å². The molecular weight excluding hydrogens is 366 g/mol. The number of benzene rings is 1. The van der Waals surface area contributed by atoms with Crippen molar-refractivity contribution >= 4 is 33.5 Å². The highest BCUT2D eigenvalue weighted by Crippen LogP contribution is 2.45. The SMILES string of the molecule is O=C(OCc1ccc(Cl)nc1)C1(c2ccc(Br)cc2)CCC1. The van der Waals surface area contributed by atoms with Crippen molar-refractivity contribution in [2.45, 2.75) is 31.3 Å². The Bertz CT molecular complexity index is 666. The first-order valence-electron chi connectivity index (χ1n) is 7.14. The third-order valence-electron chi connectivity index (χ3n) is 4.15. The van der Waals surface area contributed by atoms with Crippen LogP contribution >= 0.6 is 27.5 Å². The lowest BCUT2D eigenvalue weighted by atomic mass is 9.64. The first kappa shape index (κ1) is 15.5. The monoisotopic (exact) mass is 379 g/mol. The molecule has 2 aromatic rings. The number of hydrogen-bond acceptors (Lipinski definition) is 3. The van der Waals surface area contributed by atoms with Gasteiger partial charge < -0.3 is 4.74 Å². The summed E-state index contributed by atoms with van der Waals surface area (Å²) >= 11 is 9.17. The van der Waals surface area contributed by atoms with Gasteiger partial charge in [-0.05, 0) is 36.6 Å². The first-order chi connectivity index (χ1) is 10.6. The Morgan fingerprint density at radius 2 is 1.95 bits per heavy atom. The summed E-state index contributed by atoms with van der Waals surface area (Å²) in [7, 11) is 0. The largest absolute Gasteiger partial charge is 0.460 e. The Morgan fingerprint density at radius 3 is 2.50 bits per heavy atom. The molecule has 1 aromatic carbocycles. The first-order valence-corrected chi connectivity index (χ1v) is 8.31. The van der Waals surface area contributed by atoms with Crippen LogP contribution in [0.15, 0.2) is 47.1 Å². The lowest BCUT2D eigenvalue weighted by Crippen LogP contribution is -2.43. The minimum atomic E-state index is -0.486. The summed E-state index contributed by atoms with van der Waals surface area (Å²) in [6.45, 7) is 0.223. The van der Waals surface area contributed by atoms with Gasteiger partial charge in [-0.2, -0.15) is 0 Å². The number of nitrogens with zero attached hydrogens (tertiary/aromatic N) is 1. The number of pyridine rings is 1. The van der Waals surface area contributed by atoms with Crippen LogP contribution in [-0.2, 0) is 21.6 Å². The van der Waals surface area contributed by atoms with Crippen molar-refractivity contribution in [1.82, 2.24) is 4.98 Å². The van der Waals surface area contributed by atoms with Crippen LogP contribution in [0.2, 0.25) is 5.15 Å². The molecule has 0 spiro atoms. The molecule has 1 aliphatic carbocycles. The van der Waals surface area contributed by atoms with Crippen LogP contribution in [0, 0.1) is 0 Å². The minimum absolute atomic E-state index is 0.156. The van der Waals surface area contributed by atoms with E-state index >= 15 is 0 Å². The zero-order valence-corrected chi connectivity index (χ0v) is 14.2. The highest BCUT2D eigenvalue weighted by molar-refractivity contribution is 9.10. The molecule has 0 saturated heterocycles. The molecule has 0 atom stereocenters. The summed E-state index contributed by atoms with van der Waals surface area (Å²) in [6, 6.07) is 11.4. The summed E-state index contributed by atoms with van der Waals surface area (Å²) in [4.78, 5) is 16.6. The summed E-state index contributed by atoms with van der Waals surface area (Å²) in [6.07, 6.45) is 4.36. The Morgan fingerprint density at radius 1 is 1.23 bits per heavy atom. The van der Waals surface area contributed by atoms with Crippen molar-refractivity contribution in [1.29, 1.82) is 0 Å². The highest BCUT2D eigenvalue weighted by Gasteiger charge is 2.47. The number of carbonyl (C=O) groups excluding carboxylic acids is 1. The van der Waals surface area contributed by atoms with E-state index in [4.69, 9.17) is 16.3 Å². The number of carbonyl (C=O) groups is 1. The Labute approximate surface area is 142 Å². The molecule has 1 saturated carbocycles. The minimum Gasteiger partial charge on any atom is -0.460 e. The molecule has 1 fully saturated rings. The smallest absolute Gasteiger partial charge is 0.316 e. The molecule has 0 aliphatic heterocycles. The molecule has 1 aromatic heterocycles. The van der Waals surface area contributed by atoms with E-state index in [0.717, 1.165) is 34.9 Å². The van der Waals surface area contributed by atoms with E-state index in [9.17, 15) is 4.79 Å². The van der Waals surface area contributed by atoms with Gasteiger partial charge in [0.1, 0.15) is 11.8 Å². The Balaban J connectivity index is 1.71. The molecule has 22 heavy (non-hydrogen) atoms. The van der Waals surface area contributed by atoms with Gasteiger partial charge in [0.15, 0.2) is 0 Å². The zero-order chi connectivity index (χ0) is 15.6. The maximum absolute atomic E-state index is 12.6. The van der Waals surface area contributed by atoms with Gasteiger partial charge in [0.25, 0.3) is 0 Å². The fourth-order valence-electron chi connectivity index (χ4n) is 2.69. The summed E-state index contributed by atoms with van der Waals surface area (Å²) in [5, 5.41) is 0.431. The third kappa shape index (κ3) is 3.03. The fraction of sp³-hybridized carbons (Fsp3) is 0.294. The van der Waals surface area contributed by atoms with Crippen molar-refractivity contribution < 1.29 is 9.53 Å². The number of ether oxygens (including phenoxy) is 1. The van der Waals surface area contributed by atoms with Crippen molar-refractivity contribution in [2.75, 3.05) is 0 Å². The molecule has 1 aliphatic rings. The molecule has 3 nitrogen and oxygen atoms in total. The van der Waals surface area contributed by atoms with Gasteiger partial charge in [-0.25, -0.2) is 4.98 Å². The van der Waals surface area contributed by atoms with E-state index in [1.807, 2.05) is 30.3 Å². The van der Waals surface area contributed by atoms with Crippen LogP contribution in [0.25, 0.3) is 0 Å². The molecule has 0 amide bonds. The second-order valence-corrected chi connectivity index (χ2v) is 6.81. The second kappa shape index (κ2) is 6.39. The molecule has 0 radical (unpaired) electrons. The maximum Gasteiger partial charge on any atom is 0.316 e. The lowest BCUT2D eigenvalue weighted by molar-refractivity contribution is -0.155. The van der Waals surface area contributed by atoms with Crippen molar-refractivity contribution in [3.05, 3.63) is 63.3 Å². The van der Waals surface area contributed by atoms with E-state index in [1.54, 1.807) is 12.3 Å². The molecule has 1 heterocycles. The summed E-state index contributed by atoms with van der Waals surface area (Å²) in [5.41, 5.74) is 1.38. The quantitative estimate of drug-likeness (QED) is 0.572. The van der Waals surface area contributed by atoms with Crippen molar-refractivity contribution in [2.24, 2.45) is 0 Å². The van der Waals surface area contributed by atoms with Gasteiger partial charge in [0, 0.05) is 16.2 Å². The average Bonchev–Trinajstić information content (AvgIpc) is 2.47. The average molecular weight is 381 g/mol. The van der Waals surface area contributed by atoms with Gasteiger partial charge in [0.2, 0.25) is 0 Å². The van der Waals surface area contributed by atoms with Gasteiger partial charge >= 0.3 is 5.97 Å². The third-order valence-corrected chi connectivity index (χ3v) is 4.91. The Kier molecular flexibility index (Phi) is 4.50. The number of esters is 1. The normalized spacial score (nSPS) is 15.9. The number of rotatable bonds is 4. The molecule has 114 valence electrons. The highest BCUT2D eigenvalue weighted by atomic mass is 79.9. The van der Waals surface area contributed by atoms with Crippen LogP contribution in [0.4, 0.5) is 0 Å². The molecule has 5 heteroatoms.